The predicted octanol–water partition coefficient (Wildman–Crippen LogP) is 2.12. The minimum absolute atomic E-state index is 0.0222. The van der Waals surface area contributed by atoms with Crippen molar-refractivity contribution in [3.8, 4) is 11.5 Å². The molecule has 5 N–H and O–H groups in total. The molecule has 2 heterocycles. The van der Waals surface area contributed by atoms with E-state index in [9.17, 15) is 18.7 Å². The molecule has 0 spiro atoms. The van der Waals surface area contributed by atoms with Crippen LogP contribution in [0.1, 0.15) is 29.2 Å². The van der Waals surface area contributed by atoms with Gasteiger partial charge in [-0.05, 0) is 59.9 Å². The van der Waals surface area contributed by atoms with Crippen molar-refractivity contribution in [2.24, 2.45) is 5.10 Å². The van der Waals surface area contributed by atoms with Crippen LogP contribution < -0.4 is 31.1 Å². The highest BCUT2D eigenvalue weighted by Crippen LogP contribution is 2.32. The molecule has 3 aromatic carbocycles. The van der Waals surface area contributed by atoms with Crippen molar-refractivity contribution < 1.29 is 28.2 Å². The molecule has 3 aromatic rings. The number of carbonyl (C=O) groups excluding carboxylic acids is 1. The van der Waals surface area contributed by atoms with Gasteiger partial charge >= 0.3 is 0 Å². The lowest BCUT2D eigenvalue weighted by Gasteiger charge is -2.26. The number of hydrazone groups is 1. The van der Waals surface area contributed by atoms with Crippen molar-refractivity contribution in [3.05, 3.63) is 94.6 Å². The number of rotatable bonds is 12. The molecule has 10 nitrogen and oxygen atoms in total. The zero-order valence-corrected chi connectivity index (χ0v) is 22.5. The Kier molecular flexibility index (Phi) is 8.92. The molecule has 0 unspecified atom stereocenters. The van der Waals surface area contributed by atoms with Crippen molar-refractivity contribution in [1.82, 2.24) is 26.7 Å². The molecule has 41 heavy (non-hydrogen) atoms. The van der Waals surface area contributed by atoms with Gasteiger partial charge in [-0.3, -0.25) is 10.2 Å². The van der Waals surface area contributed by atoms with Crippen LogP contribution in [0.4, 0.5) is 8.78 Å². The van der Waals surface area contributed by atoms with E-state index >= 15 is 0 Å². The van der Waals surface area contributed by atoms with Gasteiger partial charge in [0, 0.05) is 24.7 Å². The normalized spacial score (nSPS) is 15.6. The Morgan fingerprint density at radius 3 is 2.63 bits per heavy atom. The van der Waals surface area contributed by atoms with Crippen molar-refractivity contribution in [2.45, 2.75) is 38.5 Å². The second-order valence-electron chi connectivity index (χ2n) is 9.85. The smallest absolute Gasteiger partial charge is 0.238 e. The van der Waals surface area contributed by atoms with Gasteiger partial charge in [-0.25, -0.2) is 14.3 Å². The summed E-state index contributed by atoms with van der Waals surface area (Å²) < 4.78 is 38.5. The summed E-state index contributed by atoms with van der Waals surface area (Å²) in [6.07, 6.45) is -0.104. The van der Waals surface area contributed by atoms with E-state index in [1.165, 1.54) is 22.8 Å². The van der Waals surface area contributed by atoms with E-state index in [4.69, 9.17) is 9.47 Å². The van der Waals surface area contributed by atoms with Crippen LogP contribution in [0.2, 0.25) is 0 Å². The Morgan fingerprint density at radius 2 is 1.83 bits per heavy atom. The summed E-state index contributed by atoms with van der Waals surface area (Å²) in [4.78, 5) is 13.0. The van der Waals surface area contributed by atoms with Crippen molar-refractivity contribution in [2.75, 3.05) is 19.9 Å². The lowest BCUT2D eigenvalue weighted by molar-refractivity contribution is -0.124. The molecule has 2 atom stereocenters. The first-order valence-electron chi connectivity index (χ1n) is 13.3. The number of aliphatic hydroxyl groups excluding tert-OH is 1. The van der Waals surface area contributed by atoms with Gasteiger partial charge in [0.2, 0.25) is 12.7 Å². The maximum absolute atomic E-state index is 13.9. The number of hydrazine groups is 2. The highest BCUT2D eigenvalue weighted by Gasteiger charge is 2.26. The number of hydrogen-bond acceptors (Lipinski definition) is 9. The predicted molar refractivity (Wildman–Crippen MR) is 148 cm³/mol. The molecule has 0 saturated heterocycles. The van der Waals surface area contributed by atoms with Gasteiger partial charge in [-0.2, -0.15) is 0 Å². The number of aryl methyl sites for hydroxylation is 1. The SMILES string of the molecule is CCc1cccc(CNC[C@@H](O)[C@H](Cc2cc(F)cc(F)c2)NC(=O)CN2NN=C(c3ccc4c(c3)OCO4)N2)c1. The van der Waals surface area contributed by atoms with Crippen LogP contribution in [0.25, 0.3) is 0 Å². The Labute approximate surface area is 236 Å². The maximum atomic E-state index is 13.9. The molecule has 0 aromatic heterocycles. The summed E-state index contributed by atoms with van der Waals surface area (Å²) in [7, 11) is 0. The maximum Gasteiger partial charge on any atom is 0.238 e. The Balaban J connectivity index is 1.19. The summed E-state index contributed by atoms with van der Waals surface area (Å²) in [5, 5.41) is 22.6. The Morgan fingerprint density at radius 1 is 1.05 bits per heavy atom. The van der Waals surface area contributed by atoms with E-state index in [1.54, 1.807) is 18.2 Å². The van der Waals surface area contributed by atoms with Gasteiger partial charge in [0.15, 0.2) is 17.3 Å². The number of halogens is 2. The molecule has 216 valence electrons. The van der Waals surface area contributed by atoms with Crippen molar-refractivity contribution in [3.63, 3.8) is 0 Å². The number of amides is 1. The second kappa shape index (κ2) is 12.9. The summed E-state index contributed by atoms with van der Waals surface area (Å²) >= 11 is 0. The molecule has 0 saturated carbocycles. The van der Waals surface area contributed by atoms with Gasteiger partial charge in [0.05, 0.1) is 12.1 Å². The number of hydrogen-bond donors (Lipinski definition) is 5. The summed E-state index contributed by atoms with van der Waals surface area (Å²) in [6.45, 7) is 2.73. The largest absolute Gasteiger partial charge is 0.454 e. The fourth-order valence-electron chi connectivity index (χ4n) is 4.66. The molecule has 0 bridgehead atoms. The van der Waals surface area contributed by atoms with Crippen LogP contribution in [-0.4, -0.2) is 54.0 Å². The molecule has 0 fully saturated rings. The van der Waals surface area contributed by atoms with Gasteiger partial charge in [0.1, 0.15) is 18.2 Å². The number of benzene rings is 3. The molecular formula is C29H32F2N6O4. The fourth-order valence-corrected chi connectivity index (χ4v) is 4.66. The van der Waals surface area contributed by atoms with E-state index in [1.807, 2.05) is 12.1 Å². The number of fused-ring (bicyclic) bond motifs is 1. The minimum Gasteiger partial charge on any atom is -0.454 e. The van der Waals surface area contributed by atoms with E-state index in [0.29, 0.717) is 29.4 Å². The van der Waals surface area contributed by atoms with E-state index in [-0.39, 0.29) is 26.3 Å². The van der Waals surface area contributed by atoms with E-state index in [2.05, 4.69) is 45.8 Å². The third-order valence-corrected chi connectivity index (χ3v) is 6.74. The standard InChI is InChI=1S/C29H32F2N6O4/c1-2-18-4-3-5-19(8-18)14-32-15-25(38)24(11-20-9-22(30)13-23(31)10-20)33-28(39)16-37-35-29(34-36-37)21-6-7-26-27(12-21)41-17-40-26/h3-10,12-13,24-25,32,36,38H,2,11,14-17H2,1H3,(H,33,39)(H,34,35)/t24-,25+/m0/s1. The van der Waals surface area contributed by atoms with Gasteiger partial charge in [-0.15, -0.1) is 10.2 Å². The number of nitrogens with zero attached hydrogens (tertiary/aromatic N) is 2. The zero-order chi connectivity index (χ0) is 28.8. The van der Waals surface area contributed by atoms with Crippen LogP contribution >= 0.6 is 0 Å². The van der Waals surface area contributed by atoms with Gasteiger partial charge in [-0.1, -0.05) is 31.2 Å². The monoisotopic (exact) mass is 566 g/mol. The molecule has 2 aliphatic heterocycles. The number of carbonyl (C=O) groups is 1. The van der Waals surface area contributed by atoms with Crippen LogP contribution in [0, 0.1) is 11.6 Å². The molecule has 5 rings (SSSR count). The average molecular weight is 567 g/mol. The lowest BCUT2D eigenvalue weighted by atomic mass is 10.0. The quantitative estimate of drug-likeness (QED) is 0.226. The van der Waals surface area contributed by atoms with Gasteiger partial charge in [0.25, 0.3) is 0 Å². The Bertz CT molecular complexity index is 1400. The minimum atomic E-state index is -1.04. The second-order valence-corrected chi connectivity index (χ2v) is 9.85. The first-order valence-corrected chi connectivity index (χ1v) is 13.3. The van der Waals surface area contributed by atoms with Crippen molar-refractivity contribution in [1.29, 1.82) is 0 Å². The molecule has 12 heteroatoms. The summed E-state index contributed by atoms with van der Waals surface area (Å²) in [5.74, 6) is -0.189. The van der Waals surface area contributed by atoms with Gasteiger partial charge < -0.3 is 25.2 Å². The molecule has 2 aliphatic rings. The van der Waals surface area contributed by atoms with Crippen molar-refractivity contribution >= 4 is 11.7 Å². The average Bonchev–Trinajstić information content (AvgIpc) is 3.61. The summed E-state index contributed by atoms with van der Waals surface area (Å²) in [6, 6.07) is 15.8. The summed E-state index contributed by atoms with van der Waals surface area (Å²) in [5.41, 5.74) is 9.04. The van der Waals surface area contributed by atoms with Crippen LogP contribution in [0.15, 0.2) is 65.8 Å². The highest BCUT2D eigenvalue weighted by molar-refractivity contribution is 5.99. The zero-order valence-electron chi connectivity index (χ0n) is 22.5. The highest BCUT2D eigenvalue weighted by atomic mass is 19.1. The molecular weight excluding hydrogens is 534 g/mol. The lowest BCUT2D eigenvalue weighted by Crippen LogP contribution is -2.53. The molecule has 0 radical (unpaired) electrons. The molecule has 1 amide bonds. The molecule has 0 aliphatic carbocycles. The third-order valence-electron chi connectivity index (χ3n) is 6.74. The fraction of sp³-hybridized carbons (Fsp3) is 0.310. The van der Waals surface area contributed by atoms with E-state index < -0.39 is 29.7 Å². The Hall–Kier alpha value is -4.26. The number of aliphatic hydroxyl groups is 1. The third kappa shape index (κ3) is 7.48. The number of amidine groups is 1. The number of nitrogens with one attached hydrogen (secondary N) is 4. The first-order chi connectivity index (χ1) is 19.9. The topological polar surface area (TPSA) is 119 Å². The van der Waals surface area contributed by atoms with Crippen LogP contribution in [0.5, 0.6) is 11.5 Å². The first kappa shape index (κ1) is 28.3. The number of ether oxygens (including phenoxy) is 2. The van der Waals surface area contributed by atoms with E-state index in [0.717, 1.165) is 23.6 Å². The van der Waals surface area contributed by atoms with Crippen LogP contribution in [-0.2, 0) is 24.2 Å². The van der Waals surface area contributed by atoms with Crippen LogP contribution in [0.3, 0.4) is 0 Å².